The zero-order valence-corrected chi connectivity index (χ0v) is 8.87. The standard InChI is InChI=1S/C12H16O2/c1-9-7-11(14-3)8-10(2)12(9)5-4-6-13/h4-5,7-8,13H,6H2,1-3H3. The third-order valence-electron chi connectivity index (χ3n) is 2.19. The Bertz CT molecular complexity index is 317. The zero-order chi connectivity index (χ0) is 10.6. The fourth-order valence-corrected chi connectivity index (χ4v) is 1.49. The van der Waals surface area contributed by atoms with Crippen molar-refractivity contribution >= 4 is 6.08 Å². The Morgan fingerprint density at radius 2 is 1.86 bits per heavy atom. The lowest BCUT2D eigenvalue weighted by molar-refractivity contribution is 0.343. The highest BCUT2D eigenvalue weighted by molar-refractivity contribution is 5.59. The molecule has 2 heteroatoms. The molecule has 0 bridgehead atoms. The molecule has 0 unspecified atom stereocenters. The highest BCUT2D eigenvalue weighted by Gasteiger charge is 2.01. The predicted octanol–water partition coefficient (Wildman–Crippen LogP) is 2.32. The van der Waals surface area contributed by atoms with E-state index in [-0.39, 0.29) is 6.61 Å². The third-order valence-corrected chi connectivity index (χ3v) is 2.19. The van der Waals surface area contributed by atoms with Crippen molar-refractivity contribution in [2.75, 3.05) is 13.7 Å². The molecule has 1 aromatic carbocycles. The molecule has 0 aromatic heterocycles. The number of benzene rings is 1. The molecule has 2 nitrogen and oxygen atoms in total. The van der Waals surface area contributed by atoms with E-state index < -0.39 is 0 Å². The number of ether oxygens (including phenoxy) is 1. The Morgan fingerprint density at radius 3 is 2.29 bits per heavy atom. The second-order valence-corrected chi connectivity index (χ2v) is 3.26. The number of hydrogen-bond donors (Lipinski definition) is 1. The van der Waals surface area contributed by atoms with Crippen LogP contribution in [0.2, 0.25) is 0 Å². The van der Waals surface area contributed by atoms with E-state index in [4.69, 9.17) is 9.84 Å². The van der Waals surface area contributed by atoms with E-state index in [9.17, 15) is 0 Å². The summed E-state index contributed by atoms with van der Waals surface area (Å²) in [5.41, 5.74) is 3.47. The second kappa shape index (κ2) is 4.82. The lowest BCUT2D eigenvalue weighted by Gasteiger charge is -2.08. The van der Waals surface area contributed by atoms with Crippen LogP contribution in [0.15, 0.2) is 18.2 Å². The molecule has 0 heterocycles. The monoisotopic (exact) mass is 192 g/mol. The molecule has 0 amide bonds. The van der Waals surface area contributed by atoms with E-state index in [0.29, 0.717) is 0 Å². The summed E-state index contributed by atoms with van der Waals surface area (Å²) < 4.78 is 5.16. The van der Waals surface area contributed by atoms with Crippen molar-refractivity contribution in [3.8, 4) is 5.75 Å². The fourth-order valence-electron chi connectivity index (χ4n) is 1.49. The molecule has 0 spiro atoms. The summed E-state index contributed by atoms with van der Waals surface area (Å²) in [6.45, 7) is 4.14. The maximum Gasteiger partial charge on any atom is 0.119 e. The molecule has 1 rings (SSSR count). The first-order valence-electron chi connectivity index (χ1n) is 4.61. The summed E-state index contributed by atoms with van der Waals surface area (Å²) in [5.74, 6) is 0.876. The van der Waals surface area contributed by atoms with Gasteiger partial charge >= 0.3 is 0 Å². The summed E-state index contributed by atoms with van der Waals surface area (Å²) >= 11 is 0. The van der Waals surface area contributed by atoms with E-state index in [1.165, 1.54) is 0 Å². The van der Waals surface area contributed by atoms with Gasteiger partial charge in [-0.3, -0.25) is 0 Å². The summed E-state index contributed by atoms with van der Waals surface area (Å²) in [4.78, 5) is 0. The molecular formula is C12H16O2. The summed E-state index contributed by atoms with van der Waals surface area (Å²) in [5, 5.41) is 8.70. The predicted molar refractivity (Wildman–Crippen MR) is 58.6 cm³/mol. The maximum atomic E-state index is 8.70. The van der Waals surface area contributed by atoms with Crippen LogP contribution in [0.5, 0.6) is 5.75 Å². The Hall–Kier alpha value is -1.28. The SMILES string of the molecule is COc1cc(C)c(C=CCO)c(C)c1. The summed E-state index contributed by atoms with van der Waals surface area (Å²) in [6.07, 6.45) is 3.67. The molecule has 0 aliphatic rings. The van der Waals surface area contributed by atoms with Crippen molar-refractivity contribution in [1.82, 2.24) is 0 Å². The molecule has 76 valence electrons. The van der Waals surface area contributed by atoms with E-state index >= 15 is 0 Å². The van der Waals surface area contributed by atoms with E-state index in [1.54, 1.807) is 13.2 Å². The molecular weight excluding hydrogens is 176 g/mol. The first-order valence-corrected chi connectivity index (χ1v) is 4.61. The Labute approximate surface area is 84.8 Å². The van der Waals surface area contributed by atoms with Crippen LogP contribution in [-0.4, -0.2) is 18.8 Å². The summed E-state index contributed by atoms with van der Waals surface area (Å²) in [7, 11) is 1.66. The van der Waals surface area contributed by atoms with Gasteiger partial charge in [0.05, 0.1) is 13.7 Å². The maximum absolute atomic E-state index is 8.70. The van der Waals surface area contributed by atoms with Gasteiger partial charge in [-0.2, -0.15) is 0 Å². The normalized spacial score (nSPS) is 10.9. The number of aliphatic hydroxyl groups is 1. The molecule has 0 fully saturated rings. The molecule has 1 N–H and O–H groups in total. The molecule has 0 radical (unpaired) electrons. The number of aryl methyl sites for hydroxylation is 2. The van der Waals surface area contributed by atoms with E-state index in [0.717, 1.165) is 22.4 Å². The smallest absolute Gasteiger partial charge is 0.119 e. The largest absolute Gasteiger partial charge is 0.497 e. The molecule has 0 saturated heterocycles. The van der Waals surface area contributed by atoms with E-state index in [1.807, 2.05) is 32.1 Å². The van der Waals surface area contributed by atoms with Gasteiger partial charge in [0.25, 0.3) is 0 Å². The van der Waals surface area contributed by atoms with Gasteiger partial charge in [0.2, 0.25) is 0 Å². The number of rotatable bonds is 3. The van der Waals surface area contributed by atoms with Crippen molar-refractivity contribution in [2.45, 2.75) is 13.8 Å². The van der Waals surface area contributed by atoms with Crippen LogP contribution in [-0.2, 0) is 0 Å². The molecule has 0 atom stereocenters. The van der Waals surface area contributed by atoms with E-state index in [2.05, 4.69) is 0 Å². The highest BCUT2D eigenvalue weighted by atomic mass is 16.5. The lowest BCUT2D eigenvalue weighted by atomic mass is 10.0. The van der Waals surface area contributed by atoms with Crippen LogP contribution < -0.4 is 4.74 Å². The van der Waals surface area contributed by atoms with Gasteiger partial charge in [-0.05, 0) is 42.7 Å². The average molecular weight is 192 g/mol. The Balaban J connectivity index is 3.11. The van der Waals surface area contributed by atoms with Crippen molar-refractivity contribution in [1.29, 1.82) is 0 Å². The van der Waals surface area contributed by atoms with Crippen molar-refractivity contribution in [3.05, 3.63) is 34.9 Å². The fraction of sp³-hybridized carbons (Fsp3) is 0.333. The van der Waals surface area contributed by atoms with Crippen molar-refractivity contribution < 1.29 is 9.84 Å². The third kappa shape index (κ3) is 2.36. The number of aliphatic hydroxyl groups excluding tert-OH is 1. The molecule has 0 aliphatic carbocycles. The number of methoxy groups -OCH3 is 1. The van der Waals surface area contributed by atoms with Gasteiger partial charge in [-0.15, -0.1) is 0 Å². The minimum absolute atomic E-state index is 0.0743. The first-order chi connectivity index (χ1) is 6.69. The number of hydrogen-bond acceptors (Lipinski definition) is 2. The van der Waals surface area contributed by atoms with Crippen LogP contribution in [0.3, 0.4) is 0 Å². The van der Waals surface area contributed by atoms with Crippen LogP contribution in [0.1, 0.15) is 16.7 Å². The first kappa shape index (κ1) is 10.8. The van der Waals surface area contributed by atoms with Crippen molar-refractivity contribution in [3.63, 3.8) is 0 Å². The van der Waals surface area contributed by atoms with Crippen LogP contribution >= 0.6 is 0 Å². The van der Waals surface area contributed by atoms with Gasteiger partial charge in [-0.1, -0.05) is 12.2 Å². The minimum Gasteiger partial charge on any atom is -0.497 e. The van der Waals surface area contributed by atoms with Gasteiger partial charge in [-0.25, -0.2) is 0 Å². The highest BCUT2D eigenvalue weighted by Crippen LogP contribution is 2.22. The van der Waals surface area contributed by atoms with Gasteiger partial charge < -0.3 is 9.84 Å². The van der Waals surface area contributed by atoms with Crippen LogP contribution in [0.4, 0.5) is 0 Å². The summed E-state index contributed by atoms with van der Waals surface area (Å²) in [6, 6.07) is 3.98. The topological polar surface area (TPSA) is 29.5 Å². The van der Waals surface area contributed by atoms with Gasteiger partial charge in [0.1, 0.15) is 5.75 Å². The minimum atomic E-state index is 0.0743. The lowest BCUT2D eigenvalue weighted by Crippen LogP contribution is -1.90. The van der Waals surface area contributed by atoms with Gasteiger partial charge in [0, 0.05) is 0 Å². The molecule has 14 heavy (non-hydrogen) atoms. The van der Waals surface area contributed by atoms with Crippen LogP contribution in [0.25, 0.3) is 6.08 Å². The molecule has 0 aliphatic heterocycles. The Kier molecular flexibility index (Phi) is 3.72. The van der Waals surface area contributed by atoms with Crippen LogP contribution in [0, 0.1) is 13.8 Å². The quantitative estimate of drug-likeness (QED) is 0.796. The second-order valence-electron chi connectivity index (χ2n) is 3.26. The molecule has 1 aromatic rings. The zero-order valence-electron chi connectivity index (χ0n) is 8.87. The molecule has 0 saturated carbocycles. The van der Waals surface area contributed by atoms with Crippen molar-refractivity contribution in [2.24, 2.45) is 0 Å². The average Bonchev–Trinajstić information content (AvgIpc) is 2.16. The Morgan fingerprint density at radius 1 is 1.29 bits per heavy atom. The van der Waals surface area contributed by atoms with Gasteiger partial charge in [0.15, 0.2) is 0 Å².